The van der Waals surface area contributed by atoms with Crippen molar-refractivity contribution in [1.29, 1.82) is 0 Å². The third-order valence-electron chi connectivity index (χ3n) is 2.94. The molecule has 0 atom stereocenters. The molecule has 0 bridgehead atoms. The van der Waals surface area contributed by atoms with Crippen molar-refractivity contribution in [3.8, 4) is 0 Å². The Kier molecular flexibility index (Phi) is 6.20. The molecule has 0 unspecified atom stereocenters. The molecule has 0 amide bonds. The zero-order chi connectivity index (χ0) is 16.1. The predicted molar refractivity (Wildman–Crippen MR) is 89.0 cm³/mol. The van der Waals surface area contributed by atoms with E-state index in [-0.39, 0.29) is 10.3 Å². The lowest BCUT2D eigenvalue weighted by molar-refractivity contribution is 0.368. The molecular weight excluding hydrogens is 306 g/mol. The normalized spacial score (nSPS) is 12.8. The van der Waals surface area contributed by atoms with Crippen LogP contribution in [0.1, 0.15) is 27.2 Å². The summed E-state index contributed by atoms with van der Waals surface area (Å²) >= 11 is 5.76. The Hall–Kier alpha value is -1.10. The largest absolute Gasteiger partial charge is 0.240 e. The highest BCUT2D eigenvalue weighted by molar-refractivity contribution is 7.89. The number of sulfonamides is 1. The van der Waals surface area contributed by atoms with E-state index in [0.717, 1.165) is 12.0 Å². The van der Waals surface area contributed by atoms with E-state index in [2.05, 4.69) is 11.3 Å². The maximum Gasteiger partial charge on any atom is 0.240 e. The van der Waals surface area contributed by atoms with Crippen LogP contribution in [0.5, 0.6) is 0 Å². The van der Waals surface area contributed by atoms with E-state index in [4.69, 9.17) is 11.6 Å². The summed E-state index contributed by atoms with van der Waals surface area (Å²) in [6.45, 7) is 10.1. The lowest BCUT2D eigenvalue weighted by atomic mass is 9.89. The summed E-state index contributed by atoms with van der Waals surface area (Å²) in [6, 6.07) is 6.13. The first-order valence-corrected chi connectivity index (χ1v) is 8.56. The highest BCUT2D eigenvalue weighted by Gasteiger charge is 2.21. The standard InChI is InChI=1S/C16H22ClNO2S/c1-13(2)6-5-11-16(3,4)12-18-21(19,20)15-9-7-14(17)8-10-15/h5-10,18H,1,11-12H2,2-4H3/b6-5+. The maximum atomic E-state index is 12.2. The zero-order valence-electron chi connectivity index (χ0n) is 12.7. The molecule has 3 nitrogen and oxygen atoms in total. The van der Waals surface area contributed by atoms with E-state index >= 15 is 0 Å². The van der Waals surface area contributed by atoms with Gasteiger partial charge >= 0.3 is 0 Å². The summed E-state index contributed by atoms with van der Waals surface area (Å²) in [5, 5.41) is 0.513. The molecule has 0 heterocycles. The van der Waals surface area contributed by atoms with Crippen LogP contribution >= 0.6 is 11.6 Å². The molecule has 0 fully saturated rings. The second kappa shape index (κ2) is 7.25. The molecule has 1 aromatic rings. The number of nitrogens with one attached hydrogen (secondary N) is 1. The Morgan fingerprint density at radius 3 is 2.43 bits per heavy atom. The maximum absolute atomic E-state index is 12.2. The van der Waals surface area contributed by atoms with E-state index < -0.39 is 10.0 Å². The molecule has 0 radical (unpaired) electrons. The number of benzene rings is 1. The molecule has 116 valence electrons. The van der Waals surface area contributed by atoms with Crippen LogP contribution in [0.4, 0.5) is 0 Å². The summed E-state index contributed by atoms with van der Waals surface area (Å²) in [5.41, 5.74) is 0.804. The second-order valence-corrected chi connectivity index (χ2v) is 8.10. The van der Waals surface area contributed by atoms with Crippen LogP contribution in [0.25, 0.3) is 0 Å². The summed E-state index contributed by atoms with van der Waals surface area (Å²) in [4.78, 5) is 0.222. The Morgan fingerprint density at radius 2 is 1.90 bits per heavy atom. The van der Waals surface area contributed by atoms with Gasteiger partial charge in [0, 0.05) is 11.6 Å². The third kappa shape index (κ3) is 6.46. The molecule has 21 heavy (non-hydrogen) atoms. The first-order valence-electron chi connectivity index (χ1n) is 6.70. The molecule has 0 aliphatic carbocycles. The van der Waals surface area contributed by atoms with E-state index in [0.29, 0.717) is 11.6 Å². The van der Waals surface area contributed by atoms with Gasteiger partial charge in [0.05, 0.1) is 4.90 Å². The lowest BCUT2D eigenvalue weighted by Crippen LogP contribution is -2.33. The van der Waals surface area contributed by atoms with Crippen LogP contribution in [-0.4, -0.2) is 15.0 Å². The average molecular weight is 328 g/mol. The number of hydrogen-bond donors (Lipinski definition) is 1. The van der Waals surface area contributed by atoms with Gasteiger partial charge in [-0.15, -0.1) is 0 Å². The van der Waals surface area contributed by atoms with E-state index in [1.54, 1.807) is 12.1 Å². The molecule has 1 N–H and O–H groups in total. The highest BCUT2D eigenvalue weighted by atomic mass is 35.5. The quantitative estimate of drug-likeness (QED) is 0.764. The fourth-order valence-corrected chi connectivity index (χ4v) is 3.01. The Morgan fingerprint density at radius 1 is 1.33 bits per heavy atom. The van der Waals surface area contributed by atoms with Gasteiger partial charge in [0.2, 0.25) is 10.0 Å². The van der Waals surface area contributed by atoms with Crippen LogP contribution in [-0.2, 0) is 10.0 Å². The van der Waals surface area contributed by atoms with Crippen LogP contribution < -0.4 is 4.72 Å². The van der Waals surface area contributed by atoms with E-state index in [1.807, 2.05) is 32.9 Å². The molecule has 0 saturated heterocycles. The minimum Gasteiger partial charge on any atom is -0.211 e. The van der Waals surface area contributed by atoms with Crippen molar-refractivity contribution in [2.24, 2.45) is 5.41 Å². The van der Waals surface area contributed by atoms with Crippen molar-refractivity contribution >= 4 is 21.6 Å². The van der Waals surface area contributed by atoms with E-state index in [9.17, 15) is 8.42 Å². The second-order valence-electron chi connectivity index (χ2n) is 5.90. The van der Waals surface area contributed by atoms with Gasteiger partial charge < -0.3 is 0 Å². The minimum atomic E-state index is -3.50. The molecule has 0 saturated carbocycles. The van der Waals surface area contributed by atoms with Gasteiger partial charge in [0.25, 0.3) is 0 Å². The predicted octanol–water partition coefficient (Wildman–Crippen LogP) is 4.17. The molecule has 1 rings (SSSR count). The topological polar surface area (TPSA) is 46.2 Å². The van der Waals surface area contributed by atoms with Crippen molar-refractivity contribution in [2.45, 2.75) is 32.1 Å². The summed E-state index contributed by atoms with van der Waals surface area (Å²) in [7, 11) is -3.50. The monoisotopic (exact) mass is 327 g/mol. The summed E-state index contributed by atoms with van der Waals surface area (Å²) < 4.78 is 27.0. The number of rotatable bonds is 7. The van der Waals surface area contributed by atoms with Gasteiger partial charge in [-0.2, -0.15) is 0 Å². The Balaban J connectivity index is 2.68. The Bertz CT molecular complexity index is 616. The van der Waals surface area contributed by atoms with Gasteiger partial charge in [-0.25, -0.2) is 13.1 Å². The van der Waals surface area contributed by atoms with Gasteiger partial charge in [-0.1, -0.05) is 49.8 Å². The summed E-state index contributed by atoms with van der Waals surface area (Å²) in [5.74, 6) is 0. The minimum absolute atomic E-state index is 0.175. The first-order chi connectivity index (χ1) is 9.62. The smallest absolute Gasteiger partial charge is 0.211 e. The Labute approximate surface area is 132 Å². The van der Waals surface area contributed by atoms with Gasteiger partial charge in [-0.3, -0.25) is 0 Å². The van der Waals surface area contributed by atoms with Crippen molar-refractivity contribution in [3.05, 3.63) is 53.6 Å². The van der Waals surface area contributed by atoms with Crippen LogP contribution in [0.15, 0.2) is 53.5 Å². The van der Waals surface area contributed by atoms with Crippen molar-refractivity contribution in [3.63, 3.8) is 0 Å². The average Bonchev–Trinajstić information content (AvgIpc) is 2.36. The third-order valence-corrected chi connectivity index (χ3v) is 4.61. The summed E-state index contributed by atoms with van der Waals surface area (Å²) in [6.07, 6.45) is 4.72. The zero-order valence-corrected chi connectivity index (χ0v) is 14.3. The number of halogens is 1. The molecule has 0 aromatic heterocycles. The van der Waals surface area contributed by atoms with Crippen molar-refractivity contribution < 1.29 is 8.42 Å². The SMILES string of the molecule is C=C(C)/C=C/CC(C)(C)CNS(=O)(=O)c1ccc(Cl)cc1. The number of allylic oxidation sites excluding steroid dienone is 3. The van der Waals surface area contributed by atoms with Crippen LogP contribution in [0.3, 0.4) is 0 Å². The van der Waals surface area contributed by atoms with E-state index in [1.165, 1.54) is 12.1 Å². The number of hydrogen-bond acceptors (Lipinski definition) is 2. The van der Waals surface area contributed by atoms with Crippen molar-refractivity contribution in [1.82, 2.24) is 4.72 Å². The lowest BCUT2D eigenvalue weighted by Gasteiger charge is -2.23. The van der Waals surface area contributed by atoms with Gasteiger partial charge in [-0.05, 0) is 43.0 Å². The molecule has 0 spiro atoms. The van der Waals surface area contributed by atoms with Crippen LogP contribution in [0.2, 0.25) is 5.02 Å². The molecule has 0 aliphatic rings. The van der Waals surface area contributed by atoms with Gasteiger partial charge in [0.1, 0.15) is 0 Å². The first kappa shape index (κ1) is 18.0. The highest BCUT2D eigenvalue weighted by Crippen LogP contribution is 2.21. The molecule has 5 heteroatoms. The molecule has 1 aromatic carbocycles. The van der Waals surface area contributed by atoms with Crippen LogP contribution in [0, 0.1) is 5.41 Å². The van der Waals surface area contributed by atoms with Crippen molar-refractivity contribution in [2.75, 3.05) is 6.54 Å². The fraction of sp³-hybridized carbons (Fsp3) is 0.375. The van der Waals surface area contributed by atoms with Gasteiger partial charge in [0.15, 0.2) is 0 Å². The fourth-order valence-electron chi connectivity index (χ4n) is 1.64. The molecule has 0 aliphatic heterocycles. The molecular formula is C16H22ClNO2S.